The van der Waals surface area contributed by atoms with Gasteiger partial charge in [-0.25, -0.2) is 9.52 Å². The molecule has 0 unspecified atom stereocenters. The summed E-state index contributed by atoms with van der Waals surface area (Å²) in [5, 5.41) is 18.6. The van der Waals surface area contributed by atoms with Crippen molar-refractivity contribution in [1.29, 1.82) is 5.26 Å². The minimum Gasteiger partial charge on any atom is -0.379 e. The second-order valence-corrected chi connectivity index (χ2v) is 8.90. The summed E-state index contributed by atoms with van der Waals surface area (Å²) in [5.74, 6) is 1.58. The van der Waals surface area contributed by atoms with Gasteiger partial charge in [0.25, 0.3) is 5.78 Å². The van der Waals surface area contributed by atoms with Crippen LogP contribution in [0, 0.1) is 11.3 Å². The molecule has 0 radical (unpaired) electrons. The maximum absolute atomic E-state index is 9.51. The van der Waals surface area contributed by atoms with Gasteiger partial charge in [0.2, 0.25) is 0 Å². The SMILES string of the molecule is CCCc1c(Cc2ccc(-c3ccccc3C#N)cc2)c(N(CC)N2CCOCC2)nc2ncnn12. The Hall–Kier alpha value is -3.80. The van der Waals surface area contributed by atoms with Gasteiger partial charge in [-0.1, -0.05) is 55.8 Å². The predicted octanol–water partition coefficient (Wildman–Crippen LogP) is 4.28. The maximum Gasteiger partial charge on any atom is 0.254 e. The van der Waals surface area contributed by atoms with Gasteiger partial charge in [0.05, 0.1) is 30.5 Å². The molecule has 0 bridgehead atoms. The van der Waals surface area contributed by atoms with Crippen LogP contribution in [0.25, 0.3) is 16.9 Å². The molecule has 1 saturated heterocycles. The standard InChI is InChI=1S/C28H31N7O/c1-3-7-26-25(18-21-10-12-22(13-11-21)24-9-6-5-8-23(24)19-29)27(32-28-30-20-31-35(26)28)34(4-2)33-14-16-36-17-15-33/h5-6,8-13,20H,3-4,7,14-18H2,1-2H3. The van der Waals surface area contributed by atoms with Crippen LogP contribution in [0.3, 0.4) is 0 Å². The van der Waals surface area contributed by atoms with Crippen molar-refractivity contribution >= 4 is 11.6 Å². The summed E-state index contributed by atoms with van der Waals surface area (Å²) in [6, 6.07) is 18.5. The fourth-order valence-corrected chi connectivity index (χ4v) is 4.93. The molecule has 1 aliphatic rings. The number of nitrogens with zero attached hydrogens (tertiary/aromatic N) is 7. The van der Waals surface area contributed by atoms with E-state index >= 15 is 0 Å². The van der Waals surface area contributed by atoms with Crippen molar-refractivity contribution in [2.24, 2.45) is 0 Å². The summed E-state index contributed by atoms with van der Waals surface area (Å²) < 4.78 is 7.50. The van der Waals surface area contributed by atoms with Crippen molar-refractivity contribution < 1.29 is 4.74 Å². The van der Waals surface area contributed by atoms with Gasteiger partial charge in [0, 0.05) is 31.6 Å². The molecule has 2 aromatic carbocycles. The average molecular weight is 482 g/mol. The molecule has 36 heavy (non-hydrogen) atoms. The van der Waals surface area contributed by atoms with Crippen LogP contribution in [0.15, 0.2) is 54.9 Å². The van der Waals surface area contributed by atoms with E-state index in [4.69, 9.17) is 9.72 Å². The molecular formula is C28H31N7O. The molecular weight excluding hydrogens is 450 g/mol. The highest BCUT2D eigenvalue weighted by molar-refractivity contribution is 5.70. The van der Waals surface area contributed by atoms with Gasteiger partial charge in [0.1, 0.15) is 6.33 Å². The number of benzene rings is 2. The number of anilines is 1. The first-order valence-corrected chi connectivity index (χ1v) is 12.6. The van der Waals surface area contributed by atoms with Gasteiger partial charge < -0.3 is 4.74 Å². The maximum atomic E-state index is 9.51. The van der Waals surface area contributed by atoms with Gasteiger partial charge in [0.15, 0.2) is 5.82 Å². The Labute approximate surface area is 211 Å². The third-order valence-corrected chi connectivity index (χ3v) is 6.66. The summed E-state index contributed by atoms with van der Waals surface area (Å²) >= 11 is 0. The highest BCUT2D eigenvalue weighted by Gasteiger charge is 2.25. The predicted molar refractivity (Wildman–Crippen MR) is 140 cm³/mol. The first-order valence-electron chi connectivity index (χ1n) is 12.6. The highest BCUT2D eigenvalue weighted by Crippen LogP contribution is 2.30. The lowest BCUT2D eigenvalue weighted by Gasteiger charge is -2.38. The summed E-state index contributed by atoms with van der Waals surface area (Å²) in [6.07, 6.45) is 4.20. The smallest absolute Gasteiger partial charge is 0.254 e. The fraction of sp³-hybridized carbons (Fsp3) is 0.357. The van der Waals surface area contributed by atoms with Gasteiger partial charge in [-0.15, -0.1) is 0 Å². The number of ether oxygens (including phenoxy) is 1. The van der Waals surface area contributed by atoms with Crippen molar-refractivity contribution in [3.8, 4) is 17.2 Å². The molecule has 5 rings (SSSR count). The Morgan fingerprint density at radius 1 is 1.06 bits per heavy atom. The van der Waals surface area contributed by atoms with E-state index in [1.165, 1.54) is 11.1 Å². The van der Waals surface area contributed by atoms with Crippen molar-refractivity contribution in [1.82, 2.24) is 24.6 Å². The molecule has 1 fully saturated rings. The second-order valence-electron chi connectivity index (χ2n) is 8.90. The van der Waals surface area contributed by atoms with E-state index in [9.17, 15) is 5.26 Å². The zero-order chi connectivity index (χ0) is 24.9. The molecule has 3 heterocycles. The number of nitriles is 1. The Morgan fingerprint density at radius 2 is 1.83 bits per heavy atom. The normalized spacial score (nSPS) is 14.1. The van der Waals surface area contributed by atoms with Gasteiger partial charge in [-0.3, -0.25) is 5.01 Å². The van der Waals surface area contributed by atoms with Crippen molar-refractivity contribution in [2.45, 2.75) is 33.1 Å². The topological polar surface area (TPSA) is 82.6 Å². The van der Waals surface area contributed by atoms with Crippen LogP contribution in [0.4, 0.5) is 5.82 Å². The van der Waals surface area contributed by atoms with Crippen LogP contribution in [0.5, 0.6) is 0 Å². The van der Waals surface area contributed by atoms with Crippen LogP contribution in [-0.2, 0) is 17.6 Å². The fourth-order valence-electron chi connectivity index (χ4n) is 4.93. The van der Waals surface area contributed by atoms with E-state index in [-0.39, 0.29) is 0 Å². The quantitative estimate of drug-likeness (QED) is 0.371. The lowest BCUT2D eigenvalue weighted by Crippen LogP contribution is -2.49. The van der Waals surface area contributed by atoms with Crippen molar-refractivity contribution in [2.75, 3.05) is 37.9 Å². The Balaban J connectivity index is 1.56. The molecule has 0 saturated carbocycles. The molecule has 0 atom stereocenters. The number of fused-ring (bicyclic) bond motifs is 1. The molecule has 0 N–H and O–H groups in total. The lowest BCUT2D eigenvalue weighted by molar-refractivity contribution is 0.0318. The molecule has 0 amide bonds. The average Bonchev–Trinajstić information content (AvgIpc) is 3.40. The largest absolute Gasteiger partial charge is 0.379 e. The van der Waals surface area contributed by atoms with E-state index in [0.717, 1.165) is 61.5 Å². The van der Waals surface area contributed by atoms with E-state index in [2.05, 4.69) is 64.3 Å². The third kappa shape index (κ3) is 4.68. The van der Waals surface area contributed by atoms with Crippen molar-refractivity contribution in [3.63, 3.8) is 0 Å². The third-order valence-electron chi connectivity index (χ3n) is 6.66. The molecule has 1 aliphatic heterocycles. The Bertz CT molecular complexity index is 1370. The Kier molecular flexibility index (Phi) is 7.21. The zero-order valence-electron chi connectivity index (χ0n) is 20.9. The van der Waals surface area contributed by atoms with E-state index < -0.39 is 0 Å². The minimum atomic E-state index is 0.632. The number of aryl methyl sites for hydroxylation is 1. The van der Waals surface area contributed by atoms with Crippen molar-refractivity contribution in [3.05, 3.63) is 77.2 Å². The van der Waals surface area contributed by atoms with Gasteiger partial charge in [-0.05, 0) is 36.1 Å². The second kappa shape index (κ2) is 10.9. The van der Waals surface area contributed by atoms with Crippen LogP contribution >= 0.6 is 0 Å². The number of hydrazine groups is 1. The van der Waals surface area contributed by atoms with E-state index in [1.807, 2.05) is 28.8 Å². The monoisotopic (exact) mass is 481 g/mol. The van der Waals surface area contributed by atoms with Crippen LogP contribution in [-0.4, -0.2) is 57.4 Å². The summed E-state index contributed by atoms with van der Waals surface area (Å²) in [4.78, 5) is 9.44. The van der Waals surface area contributed by atoms with Gasteiger partial charge >= 0.3 is 0 Å². The molecule has 2 aromatic heterocycles. The molecule has 8 nitrogen and oxygen atoms in total. The summed E-state index contributed by atoms with van der Waals surface area (Å²) in [5.41, 5.74) is 6.19. The molecule has 0 aliphatic carbocycles. The minimum absolute atomic E-state index is 0.632. The first kappa shape index (κ1) is 23.9. The molecule has 4 aromatic rings. The number of rotatable bonds is 8. The highest BCUT2D eigenvalue weighted by atomic mass is 16.5. The number of hydrogen-bond acceptors (Lipinski definition) is 7. The van der Waals surface area contributed by atoms with E-state index in [0.29, 0.717) is 24.6 Å². The zero-order valence-corrected chi connectivity index (χ0v) is 20.9. The molecule has 8 heteroatoms. The van der Waals surface area contributed by atoms with Crippen LogP contribution < -0.4 is 5.01 Å². The first-order chi connectivity index (χ1) is 17.7. The van der Waals surface area contributed by atoms with Gasteiger partial charge in [-0.2, -0.15) is 20.3 Å². The van der Waals surface area contributed by atoms with E-state index in [1.54, 1.807) is 6.33 Å². The number of aromatic nitrogens is 4. The number of hydrogen-bond donors (Lipinski definition) is 0. The number of morpholine rings is 1. The Morgan fingerprint density at radius 3 is 2.56 bits per heavy atom. The molecule has 184 valence electrons. The van der Waals surface area contributed by atoms with Crippen LogP contribution in [0.2, 0.25) is 0 Å². The summed E-state index contributed by atoms with van der Waals surface area (Å²) in [7, 11) is 0. The van der Waals surface area contributed by atoms with Crippen LogP contribution in [0.1, 0.15) is 42.7 Å². The summed E-state index contributed by atoms with van der Waals surface area (Å²) in [6.45, 7) is 8.26. The molecule has 0 spiro atoms. The lowest BCUT2D eigenvalue weighted by atomic mass is 9.96.